The first-order chi connectivity index (χ1) is 8.73. The summed E-state index contributed by atoms with van der Waals surface area (Å²) in [7, 11) is 1.29. The Hall–Kier alpha value is -1.56. The summed E-state index contributed by atoms with van der Waals surface area (Å²) in [5, 5.41) is 2.56. The molecular weight excluding hydrogens is 314 g/mol. The van der Waals surface area contributed by atoms with E-state index < -0.39 is 17.7 Å². The molecule has 1 rings (SSSR count). The number of hydrogen-bond donors (Lipinski definition) is 1. The van der Waals surface area contributed by atoms with Crippen LogP contribution < -0.4 is 5.32 Å². The van der Waals surface area contributed by atoms with Gasteiger partial charge >= 0.3 is 12.1 Å². The summed E-state index contributed by atoms with van der Waals surface area (Å²) in [6, 6.07) is 4.82. The highest BCUT2D eigenvalue weighted by atomic mass is 79.9. The lowest BCUT2D eigenvalue weighted by Gasteiger charge is -2.19. The van der Waals surface area contributed by atoms with Crippen molar-refractivity contribution in [3.8, 4) is 0 Å². The quantitative estimate of drug-likeness (QED) is 0.842. The molecule has 1 aromatic carbocycles. The minimum Gasteiger partial charge on any atom is -0.465 e. The zero-order valence-corrected chi connectivity index (χ0v) is 12.8. The lowest BCUT2D eigenvalue weighted by molar-refractivity contribution is 0.0595. The molecule has 1 amide bonds. The van der Waals surface area contributed by atoms with Crippen LogP contribution in [-0.2, 0) is 9.47 Å². The van der Waals surface area contributed by atoms with Crippen LogP contribution in [0.15, 0.2) is 22.7 Å². The van der Waals surface area contributed by atoms with Crippen molar-refractivity contribution in [2.45, 2.75) is 26.4 Å². The maximum absolute atomic E-state index is 11.6. The Kier molecular flexibility index (Phi) is 4.94. The molecule has 0 atom stereocenters. The number of halogens is 1. The molecule has 0 aromatic heterocycles. The smallest absolute Gasteiger partial charge is 0.412 e. The van der Waals surface area contributed by atoms with Crippen LogP contribution >= 0.6 is 15.9 Å². The van der Waals surface area contributed by atoms with Crippen LogP contribution in [0.2, 0.25) is 0 Å². The van der Waals surface area contributed by atoms with Gasteiger partial charge in [-0.1, -0.05) is 0 Å². The lowest BCUT2D eigenvalue weighted by Crippen LogP contribution is -2.27. The molecule has 0 unspecified atom stereocenters. The van der Waals surface area contributed by atoms with Crippen LogP contribution in [0.5, 0.6) is 0 Å². The number of amides is 1. The zero-order valence-electron chi connectivity index (χ0n) is 11.2. The molecule has 0 heterocycles. The number of ether oxygens (including phenoxy) is 2. The van der Waals surface area contributed by atoms with Crippen molar-refractivity contribution in [3.05, 3.63) is 28.2 Å². The van der Waals surface area contributed by atoms with Crippen molar-refractivity contribution in [2.24, 2.45) is 0 Å². The third-order valence-electron chi connectivity index (χ3n) is 2.02. The van der Waals surface area contributed by atoms with Gasteiger partial charge in [0.15, 0.2) is 0 Å². The predicted octanol–water partition coefficient (Wildman–Crippen LogP) is 3.58. The van der Waals surface area contributed by atoms with E-state index in [-0.39, 0.29) is 0 Å². The molecule has 0 saturated carbocycles. The Bertz CT molecular complexity index is 494. The second-order valence-electron chi connectivity index (χ2n) is 4.81. The van der Waals surface area contributed by atoms with Gasteiger partial charge in [-0.3, -0.25) is 5.32 Å². The SMILES string of the molecule is COC(=O)c1cc(NC(=O)OC(C)(C)C)ccc1Br. The number of methoxy groups -OCH3 is 1. The summed E-state index contributed by atoms with van der Waals surface area (Å²) < 4.78 is 10.4. The normalized spacial score (nSPS) is 10.8. The van der Waals surface area contributed by atoms with Gasteiger partial charge in [-0.15, -0.1) is 0 Å². The van der Waals surface area contributed by atoms with Gasteiger partial charge in [0.25, 0.3) is 0 Å². The van der Waals surface area contributed by atoms with Gasteiger partial charge < -0.3 is 9.47 Å². The molecule has 0 bridgehead atoms. The van der Waals surface area contributed by atoms with Crippen LogP contribution in [0.25, 0.3) is 0 Å². The number of carbonyl (C=O) groups is 2. The van der Waals surface area contributed by atoms with Crippen LogP contribution in [0.1, 0.15) is 31.1 Å². The van der Waals surface area contributed by atoms with E-state index in [0.717, 1.165) is 0 Å². The van der Waals surface area contributed by atoms with Crippen molar-refractivity contribution in [1.82, 2.24) is 0 Å². The highest BCUT2D eigenvalue weighted by Crippen LogP contribution is 2.22. The van der Waals surface area contributed by atoms with Gasteiger partial charge in [0, 0.05) is 10.2 Å². The number of anilines is 1. The molecule has 0 aliphatic carbocycles. The fraction of sp³-hybridized carbons (Fsp3) is 0.385. The molecule has 1 aromatic rings. The molecule has 0 fully saturated rings. The Morgan fingerprint density at radius 3 is 2.42 bits per heavy atom. The number of nitrogens with one attached hydrogen (secondary N) is 1. The number of rotatable bonds is 2. The van der Waals surface area contributed by atoms with Crippen LogP contribution in [0.4, 0.5) is 10.5 Å². The fourth-order valence-electron chi connectivity index (χ4n) is 1.29. The Morgan fingerprint density at radius 1 is 1.26 bits per heavy atom. The Labute approximate surface area is 120 Å². The monoisotopic (exact) mass is 329 g/mol. The average Bonchev–Trinajstić information content (AvgIpc) is 2.28. The average molecular weight is 330 g/mol. The van der Waals surface area contributed by atoms with Crippen LogP contribution in [0, 0.1) is 0 Å². The summed E-state index contributed by atoms with van der Waals surface area (Å²) in [5.41, 5.74) is 0.207. The van der Waals surface area contributed by atoms with Gasteiger partial charge in [-0.2, -0.15) is 0 Å². The minimum atomic E-state index is -0.579. The number of esters is 1. The maximum atomic E-state index is 11.6. The van der Waals surface area contributed by atoms with Crippen molar-refractivity contribution in [1.29, 1.82) is 0 Å². The number of carbonyl (C=O) groups excluding carboxylic acids is 2. The van der Waals surface area contributed by atoms with E-state index in [2.05, 4.69) is 26.0 Å². The van der Waals surface area contributed by atoms with Crippen molar-refractivity contribution in [3.63, 3.8) is 0 Å². The highest BCUT2D eigenvalue weighted by Gasteiger charge is 2.17. The Balaban J connectivity index is 2.86. The third-order valence-corrected chi connectivity index (χ3v) is 2.71. The summed E-state index contributed by atoms with van der Waals surface area (Å²) >= 11 is 3.24. The minimum absolute atomic E-state index is 0.330. The highest BCUT2D eigenvalue weighted by molar-refractivity contribution is 9.10. The Morgan fingerprint density at radius 2 is 1.89 bits per heavy atom. The molecule has 0 spiro atoms. The summed E-state index contributed by atoms with van der Waals surface area (Å²) in [5.74, 6) is -0.486. The molecule has 0 aliphatic heterocycles. The molecule has 6 heteroatoms. The van der Waals surface area contributed by atoms with E-state index in [1.165, 1.54) is 13.2 Å². The molecule has 19 heavy (non-hydrogen) atoms. The molecule has 0 aliphatic rings. The second-order valence-corrected chi connectivity index (χ2v) is 5.67. The van der Waals surface area contributed by atoms with E-state index in [1.54, 1.807) is 32.9 Å². The first kappa shape index (κ1) is 15.5. The fourth-order valence-corrected chi connectivity index (χ4v) is 1.70. The van der Waals surface area contributed by atoms with E-state index >= 15 is 0 Å². The van der Waals surface area contributed by atoms with Gasteiger partial charge in [-0.05, 0) is 54.9 Å². The zero-order chi connectivity index (χ0) is 14.6. The number of hydrogen-bond acceptors (Lipinski definition) is 4. The second kappa shape index (κ2) is 6.06. The van der Waals surface area contributed by atoms with Gasteiger partial charge in [0.05, 0.1) is 12.7 Å². The van der Waals surface area contributed by atoms with Crippen LogP contribution in [0.3, 0.4) is 0 Å². The van der Waals surface area contributed by atoms with Crippen molar-refractivity contribution in [2.75, 3.05) is 12.4 Å². The molecular formula is C13H16BrNO4. The largest absolute Gasteiger partial charge is 0.465 e. The summed E-state index contributed by atoms with van der Waals surface area (Å²) in [4.78, 5) is 23.1. The molecule has 5 nitrogen and oxygen atoms in total. The molecule has 0 saturated heterocycles. The first-order valence-electron chi connectivity index (χ1n) is 5.61. The lowest BCUT2D eigenvalue weighted by atomic mass is 10.2. The molecule has 1 N–H and O–H groups in total. The summed E-state index contributed by atoms with van der Waals surface area (Å²) in [6.45, 7) is 5.32. The van der Waals surface area contributed by atoms with Crippen LogP contribution in [-0.4, -0.2) is 24.8 Å². The van der Waals surface area contributed by atoms with Gasteiger partial charge in [-0.25, -0.2) is 9.59 Å². The predicted molar refractivity (Wildman–Crippen MR) is 75.3 cm³/mol. The van der Waals surface area contributed by atoms with Gasteiger partial charge in [0.2, 0.25) is 0 Å². The topological polar surface area (TPSA) is 64.6 Å². The van der Waals surface area contributed by atoms with E-state index in [0.29, 0.717) is 15.7 Å². The maximum Gasteiger partial charge on any atom is 0.412 e. The van der Waals surface area contributed by atoms with E-state index in [9.17, 15) is 9.59 Å². The van der Waals surface area contributed by atoms with E-state index in [1.807, 2.05) is 0 Å². The molecule has 104 valence electrons. The van der Waals surface area contributed by atoms with Gasteiger partial charge in [0.1, 0.15) is 5.60 Å². The van der Waals surface area contributed by atoms with E-state index in [4.69, 9.17) is 4.74 Å². The first-order valence-corrected chi connectivity index (χ1v) is 6.40. The standard InChI is InChI=1S/C13H16BrNO4/c1-13(2,3)19-12(17)15-8-5-6-10(14)9(7-8)11(16)18-4/h5-7H,1-4H3,(H,15,17). The summed E-state index contributed by atoms with van der Waals surface area (Å²) in [6.07, 6.45) is -0.578. The third kappa shape index (κ3) is 4.90. The van der Waals surface area contributed by atoms with Crippen molar-refractivity contribution < 1.29 is 19.1 Å². The van der Waals surface area contributed by atoms with Crippen molar-refractivity contribution >= 4 is 33.7 Å². The molecule has 0 radical (unpaired) electrons. The number of benzene rings is 1.